The number of likely N-dealkylation sites (N-methyl/N-ethyl adjacent to an activating group) is 1. The van der Waals surface area contributed by atoms with Gasteiger partial charge in [-0.1, -0.05) is 12.1 Å². The molecule has 96 valence electrons. The molecule has 0 radical (unpaired) electrons. The molecule has 5 heteroatoms. The highest BCUT2D eigenvalue weighted by molar-refractivity contribution is 5.99. The monoisotopic (exact) mass is 248 g/mol. The van der Waals surface area contributed by atoms with Gasteiger partial charge in [0.15, 0.2) is 0 Å². The third kappa shape index (κ3) is 2.16. The van der Waals surface area contributed by atoms with Gasteiger partial charge in [-0.05, 0) is 18.6 Å². The van der Waals surface area contributed by atoms with Crippen LogP contribution in [0.2, 0.25) is 0 Å². The van der Waals surface area contributed by atoms with Crippen LogP contribution in [-0.4, -0.2) is 53.4 Å². The zero-order valence-electron chi connectivity index (χ0n) is 10.5. The first-order valence-corrected chi connectivity index (χ1v) is 5.82. The average Bonchev–Trinajstić information content (AvgIpc) is 2.35. The van der Waals surface area contributed by atoms with E-state index >= 15 is 0 Å². The Bertz CT molecular complexity index is 499. The number of para-hydroxylation sites is 1. The highest BCUT2D eigenvalue weighted by atomic mass is 16.3. The van der Waals surface area contributed by atoms with Crippen LogP contribution in [-0.2, 0) is 4.79 Å². The van der Waals surface area contributed by atoms with Gasteiger partial charge in [0.2, 0.25) is 5.91 Å². The van der Waals surface area contributed by atoms with Crippen LogP contribution in [0.4, 0.5) is 0 Å². The molecule has 1 N–H and O–H groups in total. The Hall–Kier alpha value is -2.04. The number of benzene rings is 1. The summed E-state index contributed by atoms with van der Waals surface area (Å²) in [7, 11) is 1.72. The van der Waals surface area contributed by atoms with Crippen molar-refractivity contribution in [3.8, 4) is 5.75 Å². The number of nitrogens with zero attached hydrogens (tertiary/aromatic N) is 2. The fourth-order valence-electron chi connectivity index (χ4n) is 1.93. The summed E-state index contributed by atoms with van der Waals surface area (Å²) in [5.74, 6) is -0.381. The number of phenolic OH excluding ortho intramolecular Hbond substituents is 1. The van der Waals surface area contributed by atoms with Crippen molar-refractivity contribution < 1.29 is 14.7 Å². The van der Waals surface area contributed by atoms with Gasteiger partial charge in [-0.15, -0.1) is 0 Å². The van der Waals surface area contributed by atoms with Crippen LogP contribution in [0.1, 0.15) is 15.9 Å². The average molecular weight is 248 g/mol. The first kappa shape index (κ1) is 12.4. The van der Waals surface area contributed by atoms with E-state index < -0.39 is 0 Å². The summed E-state index contributed by atoms with van der Waals surface area (Å²) >= 11 is 0. The maximum atomic E-state index is 12.2. The third-order valence-corrected chi connectivity index (χ3v) is 3.21. The van der Waals surface area contributed by atoms with Gasteiger partial charge in [0.25, 0.3) is 5.91 Å². The van der Waals surface area contributed by atoms with Crippen LogP contribution in [0.3, 0.4) is 0 Å². The summed E-state index contributed by atoms with van der Waals surface area (Å²) in [4.78, 5) is 26.8. The normalized spacial score (nSPS) is 16.0. The minimum absolute atomic E-state index is 0.00567. The lowest BCUT2D eigenvalue weighted by Crippen LogP contribution is -2.50. The molecule has 18 heavy (non-hydrogen) atoms. The zero-order chi connectivity index (χ0) is 13.3. The van der Waals surface area contributed by atoms with Crippen molar-refractivity contribution in [3.63, 3.8) is 0 Å². The van der Waals surface area contributed by atoms with E-state index in [1.54, 1.807) is 37.1 Å². The van der Waals surface area contributed by atoms with Crippen molar-refractivity contribution in [2.45, 2.75) is 6.92 Å². The summed E-state index contributed by atoms with van der Waals surface area (Å²) in [5.41, 5.74) is 0.911. The minimum Gasteiger partial charge on any atom is -0.507 e. The van der Waals surface area contributed by atoms with E-state index in [1.165, 1.54) is 4.90 Å². The Kier molecular flexibility index (Phi) is 3.23. The maximum absolute atomic E-state index is 12.2. The van der Waals surface area contributed by atoms with Gasteiger partial charge < -0.3 is 14.9 Å². The summed E-state index contributed by atoms with van der Waals surface area (Å²) in [6, 6.07) is 5.04. The number of aromatic hydroxyl groups is 1. The first-order valence-electron chi connectivity index (χ1n) is 5.82. The smallest absolute Gasteiger partial charge is 0.258 e. The maximum Gasteiger partial charge on any atom is 0.258 e. The van der Waals surface area contributed by atoms with Gasteiger partial charge in [-0.25, -0.2) is 0 Å². The van der Waals surface area contributed by atoms with Crippen molar-refractivity contribution in [2.24, 2.45) is 0 Å². The number of piperazine rings is 1. The fourth-order valence-corrected chi connectivity index (χ4v) is 1.93. The highest BCUT2D eigenvalue weighted by Gasteiger charge is 2.27. The Balaban J connectivity index is 2.22. The quantitative estimate of drug-likeness (QED) is 0.792. The number of hydrogen-bond acceptors (Lipinski definition) is 3. The standard InChI is InChI=1S/C13H16N2O3/c1-9-4-3-5-10(12(9)17)13(18)15-7-6-14(2)11(16)8-15/h3-5,17H,6-8H2,1-2H3. The van der Waals surface area contributed by atoms with E-state index in [-0.39, 0.29) is 29.7 Å². The number of aryl methyl sites for hydroxylation is 1. The van der Waals surface area contributed by atoms with Crippen LogP contribution in [0.15, 0.2) is 18.2 Å². The molecule has 1 heterocycles. The fraction of sp³-hybridized carbons (Fsp3) is 0.385. The second kappa shape index (κ2) is 4.68. The van der Waals surface area contributed by atoms with E-state index in [4.69, 9.17) is 0 Å². The molecule has 2 amide bonds. The van der Waals surface area contributed by atoms with E-state index in [9.17, 15) is 14.7 Å². The number of rotatable bonds is 1. The van der Waals surface area contributed by atoms with Crippen molar-refractivity contribution in [1.82, 2.24) is 9.80 Å². The van der Waals surface area contributed by atoms with Crippen LogP contribution in [0, 0.1) is 6.92 Å². The number of hydrogen-bond donors (Lipinski definition) is 1. The molecule has 0 bridgehead atoms. The number of carbonyl (C=O) groups is 2. The molecule has 0 spiro atoms. The molecular formula is C13H16N2O3. The topological polar surface area (TPSA) is 60.9 Å². The molecule has 0 aromatic heterocycles. The lowest BCUT2D eigenvalue weighted by Gasteiger charge is -2.32. The van der Waals surface area contributed by atoms with Crippen molar-refractivity contribution in [1.29, 1.82) is 0 Å². The summed E-state index contributed by atoms with van der Waals surface area (Å²) in [6.07, 6.45) is 0. The molecule has 2 rings (SSSR count). The number of carbonyl (C=O) groups excluding carboxylic acids is 2. The largest absolute Gasteiger partial charge is 0.507 e. The van der Waals surface area contributed by atoms with Crippen LogP contribution < -0.4 is 0 Å². The first-order chi connectivity index (χ1) is 8.50. The molecular weight excluding hydrogens is 232 g/mol. The van der Waals surface area contributed by atoms with Gasteiger partial charge in [0, 0.05) is 20.1 Å². The molecule has 1 saturated heterocycles. The van der Waals surface area contributed by atoms with Gasteiger partial charge >= 0.3 is 0 Å². The Labute approximate surface area is 106 Å². The Morgan fingerprint density at radius 1 is 1.33 bits per heavy atom. The molecule has 1 fully saturated rings. The van der Waals surface area contributed by atoms with Crippen LogP contribution in [0.25, 0.3) is 0 Å². The van der Waals surface area contributed by atoms with Crippen molar-refractivity contribution >= 4 is 11.8 Å². The molecule has 1 aliphatic heterocycles. The summed E-state index contributed by atoms with van der Waals surface area (Å²) < 4.78 is 0. The van der Waals surface area contributed by atoms with Gasteiger partial charge in [-0.3, -0.25) is 9.59 Å². The third-order valence-electron chi connectivity index (χ3n) is 3.21. The molecule has 5 nitrogen and oxygen atoms in total. The Morgan fingerprint density at radius 2 is 2.06 bits per heavy atom. The number of phenols is 1. The van der Waals surface area contributed by atoms with E-state index in [2.05, 4.69) is 0 Å². The Morgan fingerprint density at radius 3 is 2.72 bits per heavy atom. The predicted molar refractivity (Wildman–Crippen MR) is 66.4 cm³/mol. The van der Waals surface area contributed by atoms with Crippen molar-refractivity contribution in [2.75, 3.05) is 26.7 Å². The molecule has 0 aliphatic carbocycles. The molecule has 1 aromatic carbocycles. The molecule has 1 aromatic rings. The molecule has 0 unspecified atom stereocenters. The molecule has 0 atom stereocenters. The SMILES string of the molecule is Cc1cccc(C(=O)N2CCN(C)C(=O)C2)c1O. The van der Waals surface area contributed by atoms with E-state index in [1.807, 2.05) is 0 Å². The lowest BCUT2D eigenvalue weighted by molar-refractivity contribution is -0.133. The summed E-state index contributed by atoms with van der Waals surface area (Å²) in [5, 5.41) is 9.87. The second-order valence-corrected chi connectivity index (χ2v) is 4.51. The minimum atomic E-state index is -0.294. The molecule has 0 saturated carbocycles. The van der Waals surface area contributed by atoms with Gasteiger partial charge in [0.05, 0.1) is 5.56 Å². The number of amides is 2. The van der Waals surface area contributed by atoms with Gasteiger partial charge in [-0.2, -0.15) is 0 Å². The van der Waals surface area contributed by atoms with E-state index in [0.29, 0.717) is 18.7 Å². The predicted octanol–water partition coefficient (Wildman–Crippen LogP) is 0.615. The van der Waals surface area contributed by atoms with Gasteiger partial charge in [0.1, 0.15) is 12.3 Å². The van der Waals surface area contributed by atoms with Crippen LogP contribution >= 0.6 is 0 Å². The van der Waals surface area contributed by atoms with Crippen molar-refractivity contribution in [3.05, 3.63) is 29.3 Å². The van der Waals surface area contributed by atoms with Crippen LogP contribution in [0.5, 0.6) is 5.75 Å². The zero-order valence-corrected chi connectivity index (χ0v) is 10.5. The lowest BCUT2D eigenvalue weighted by atomic mass is 10.1. The summed E-state index contributed by atoms with van der Waals surface area (Å²) in [6.45, 7) is 2.83. The molecule has 1 aliphatic rings. The van der Waals surface area contributed by atoms with E-state index in [0.717, 1.165) is 0 Å². The second-order valence-electron chi connectivity index (χ2n) is 4.51. The highest BCUT2D eigenvalue weighted by Crippen LogP contribution is 2.23.